The smallest absolute Gasteiger partial charge is 0.165 e. The molecule has 2 N–H and O–H groups in total. The van der Waals surface area contributed by atoms with Crippen LogP contribution in [-0.2, 0) is 0 Å². The predicted molar refractivity (Wildman–Crippen MR) is 110 cm³/mol. The van der Waals surface area contributed by atoms with E-state index in [-0.39, 0.29) is 16.8 Å². The third-order valence-corrected chi connectivity index (χ3v) is 6.03. The third kappa shape index (κ3) is 3.24. The van der Waals surface area contributed by atoms with E-state index in [2.05, 4.69) is 20.6 Å². The molecule has 1 aliphatic heterocycles. The van der Waals surface area contributed by atoms with E-state index in [0.717, 1.165) is 13.1 Å². The van der Waals surface area contributed by atoms with Crippen LogP contribution in [0.3, 0.4) is 0 Å². The van der Waals surface area contributed by atoms with Gasteiger partial charge in [-0.3, -0.25) is 0 Å². The Morgan fingerprint density at radius 3 is 2.76 bits per heavy atom. The van der Waals surface area contributed by atoms with Crippen LogP contribution < -0.4 is 20.1 Å². The number of nitrogens with one attached hydrogen (secondary N) is 2. The van der Waals surface area contributed by atoms with Crippen molar-refractivity contribution >= 4 is 34.0 Å². The first-order chi connectivity index (χ1) is 14.1. The van der Waals surface area contributed by atoms with Crippen molar-refractivity contribution in [3.05, 3.63) is 47.5 Å². The van der Waals surface area contributed by atoms with Gasteiger partial charge in [-0.2, -0.15) is 0 Å². The van der Waals surface area contributed by atoms with Crippen molar-refractivity contribution in [1.29, 1.82) is 0 Å². The van der Waals surface area contributed by atoms with Crippen LogP contribution in [0.4, 0.5) is 15.9 Å². The van der Waals surface area contributed by atoms with E-state index < -0.39 is 5.82 Å². The van der Waals surface area contributed by atoms with Gasteiger partial charge in [-0.05, 0) is 24.6 Å². The SMILES string of the molecule is COc1cc2ncnc(Nc3cccc(Cl)c3F)c2cc1O[C@@H]1[C@@H]2CNC[C@H]1C2. The summed E-state index contributed by atoms with van der Waals surface area (Å²) in [6.45, 7) is 1.95. The lowest BCUT2D eigenvalue weighted by Gasteiger charge is -2.49. The molecule has 0 amide bonds. The maximum Gasteiger partial charge on any atom is 0.165 e. The topological polar surface area (TPSA) is 68.3 Å². The Labute approximate surface area is 172 Å². The maximum atomic E-state index is 14.4. The van der Waals surface area contributed by atoms with Crippen LogP contribution in [-0.4, -0.2) is 36.3 Å². The largest absolute Gasteiger partial charge is 0.493 e. The summed E-state index contributed by atoms with van der Waals surface area (Å²) in [6, 6.07) is 8.47. The molecule has 3 aromatic rings. The van der Waals surface area contributed by atoms with Crippen molar-refractivity contribution in [2.24, 2.45) is 11.8 Å². The Bertz CT molecular complexity index is 1070. The zero-order valence-corrected chi connectivity index (χ0v) is 16.5. The number of halogens is 2. The molecule has 1 aliphatic carbocycles. The molecule has 6 nitrogen and oxygen atoms in total. The first-order valence-electron chi connectivity index (χ1n) is 9.55. The number of piperidine rings is 2. The molecule has 0 radical (unpaired) electrons. The minimum Gasteiger partial charge on any atom is -0.493 e. The van der Waals surface area contributed by atoms with Gasteiger partial charge < -0.3 is 20.1 Å². The van der Waals surface area contributed by atoms with Crippen LogP contribution in [0, 0.1) is 17.7 Å². The van der Waals surface area contributed by atoms with Gasteiger partial charge in [0.1, 0.15) is 18.2 Å². The summed E-state index contributed by atoms with van der Waals surface area (Å²) in [5, 5.41) is 7.20. The number of methoxy groups -OCH3 is 1. The van der Waals surface area contributed by atoms with Crippen molar-refractivity contribution in [2.45, 2.75) is 12.5 Å². The fourth-order valence-corrected chi connectivity index (χ4v) is 4.36. The highest BCUT2D eigenvalue weighted by atomic mass is 35.5. The zero-order valence-electron chi connectivity index (χ0n) is 15.8. The standard InChI is InChI=1S/C21H20ClFN4O2/c1-28-17-7-16-13(6-18(17)29-20-11-5-12(20)9-24-8-11)21(26-10-25-16)27-15-4-2-3-14(22)19(15)23/h2-4,6-7,10-12,20,24H,5,8-9H2,1H3,(H,25,26,27)/t11-,12+,20+. The number of hydrogen-bond acceptors (Lipinski definition) is 6. The number of rotatable bonds is 5. The number of anilines is 2. The second-order valence-electron chi connectivity index (χ2n) is 7.47. The fraction of sp³-hybridized carbons (Fsp3) is 0.333. The summed E-state index contributed by atoms with van der Waals surface area (Å²) in [6.07, 6.45) is 2.79. The van der Waals surface area contributed by atoms with Gasteiger partial charge in [-0.1, -0.05) is 17.7 Å². The van der Waals surface area contributed by atoms with Gasteiger partial charge in [0.2, 0.25) is 0 Å². The molecule has 2 heterocycles. The molecule has 1 aromatic heterocycles. The summed E-state index contributed by atoms with van der Waals surface area (Å²) < 4.78 is 26.2. The first kappa shape index (κ1) is 18.4. The van der Waals surface area contributed by atoms with Crippen LogP contribution >= 0.6 is 11.6 Å². The first-order valence-corrected chi connectivity index (χ1v) is 9.93. The fourth-order valence-electron chi connectivity index (χ4n) is 4.18. The van der Waals surface area contributed by atoms with Crippen molar-refractivity contribution in [1.82, 2.24) is 15.3 Å². The number of nitrogens with zero attached hydrogens (tertiary/aromatic N) is 2. The average molecular weight is 415 g/mol. The van der Waals surface area contributed by atoms with Gasteiger partial charge in [-0.15, -0.1) is 0 Å². The number of fused-ring (bicyclic) bond motifs is 3. The predicted octanol–water partition coefficient (Wildman–Crippen LogP) is 4.16. The summed E-state index contributed by atoms with van der Waals surface area (Å²) in [5.41, 5.74) is 0.917. The molecule has 2 aromatic carbocycles. The van der Waals surface area contributed by atoms with Gasteiger partial charge in [0.05, 0.1) is 23.3 Å². The van der Waals surface area contributed by atoms with E-state index >= 15 is 0 Å². The normalized spacial score (nSPS) is 22.8. The number of ether oxygens (including phenoxy) is 2. The van der Waals surface area contributed by atoms with Gasteiger partial charge >= 0.3 is 0 Å². The molecule has 1 saturated carbocycles. The number of benzene rings is 2. The lowest BCUT2D eigenvalue weighted by Crippen LogP contribution is -2.59. The van der Waals surface area contributed by atoms with Gasteiger partial charge in [0.15, 0.2) is 17.3 Å². The van der Waals surface area contributed by atoms with Crippen molar-refractivity contribution in [2.75, 3.05) is 25.5 Å². The third-order valence-electron chi connectivity index (χ3n) is 5.74. The average Bonchev–Trinajstić information content (AvgIpc) is 2.75. The molecule has 29 heavy (non-hydrogen) atoms. The molecule has 3 atom stereocenters. The lowest BCUT2D eigenvalue weighted by atomic mass is 9.69. The lowest BCUT2D eigenvalue weighted by molar-refractivity contribution is -0.0455. The molecular formula is C21H20ClFN4O2. The molecule has 0 unspecified atom stereocenters. The minimum absolute atomic E-state index is 0.0455. The molecule has 2 bridgehead atoms. The summed E-state index contributed by atoms with van der Waals surface area (Å²) >= 11 is 5.90. The minimum atomic E-state index is -0.527. The second-order valence-corrected chi connectivity index (χ2v) is 7.87. The van der Waals surface area contributed by atoms with E-state index in [1.54, 1.807) is 19.2 Å². The molecule has 2 aliphatic rings. The summed E-state index contributed by atoms with van der Waals surface area (Å²) in [7, 11) is 1.61. The maximum absolute atomic E-state index is 14.4. The molecule has 8 heteroatoms. The van der Waals surface area contributed by atoms with Gasteiger partial charge in [-0.25, -0.2) is 14.4 Å². The van der Waals surface area contributed by atoms with E-state index in [1.165, 1.54) is 18.8 Å². The monoisotopic (exact) mass is 414 g/mol. The van der Waals surface area contributed by atoms with E-state index in [0.29, 0.717) is 40.1 Å². The van der Waals surface area contributed by atoms with Crippen molar-refractivity contribution in [3.63, 3.8) is 0 Å². The molecular weight excluding hydrogens is 395 g/mol. The number of hydrogen-bond donors (Lipinski definition) is 2. The van der Waals surface area contributed by atoms with E-state index in [4.69, 9.17) is 21.1 Å². The van der Waals surface area contributed by atoms with E-state index in [1.807, 2.05) is 12.1 Å². The van der Waals surface area contributed by atoms with Crippen LogP contribution in [0.2, 0.25) is 5.02 Å². The van der Waals surface area contributed by atoms with Crippen LogP contribution in [0.25, 0.3) is 10.9 Å². The Balaban J connectivity index is 1.53. The van der Waals surface area contributed by atoms with Gasteiger partial charge in [0, 0.05) is 36.4 Å². The highest BCUT2D eigenvalue weighted by Gasteiger charge is 2.45. The van der Waals surface area contributed by atoms with Gasteiger partial charge in [0.25, 0.3) is 0 Å². The Kier molecular flexibility index (Phi) is 4.64. The van der Waals surface area contributed by atoms with Crippen LogP contribution in [0.5, 0.6) is 11.5 Å². The van der Waals surface area contributed by atoms with Crippen LogP contribution in [0.1, 0.15) is 6.42 Å². The Morgan fingerprint density at radius 1 is 1.17 bits per heavy atom. The highest BCUT2D eigenvalue weighted by molar-refractivity contribution is 6.31. The molecule has 150 valence electrons. The second kappa shape index (κ2) is 7.31. The quantitative estimate of drug-likeness (QED) is 0.653. The van der Waals surface area contributed by atoms with Crippen molar-refractivity contribution in [3.8, 4) is 11.5 Å². The van der Waals surface area contributed by atoms with Crippen molar-refractivity contribution < 1.29 is 13.9 Å². The summed E-state index contributed by atoms with van der Waals surface area (Å²) in [4.78, 5) is 8.63. The summed E-state index contributed by atoms with van der Waals surface area (Å²) in [5.74, 6) is 2.23. The Morgan fingerprint density at radius 2 is 2.00 bits per heavy atom. The number of aromatic nitrogens is 2. The van der Waals surface area contributed by atoms with Crippen LogP contribution in [0.15, 0.2) is 36.7 Å². The molecule has 0 spiro atoms. The molecule has 5 rings (SSSR count). The Hall–Kier alpha value is -2.64. The molecule has 2 fully saturated rings. The molecule has 1 saturated heterocycles. The zero-order chi connectivity index (χ0) is 20.0. The highest BCUT2D eigenvalue weighted by Crippen LogP contribution is 2.43. The van der Waals surface area contributed by atoms with E-state index in [9.17, 15) is 4.39 Å².